The quantitative estimate of drug-likeness (QED) is 0.706. The summed E-state index contributed by atoms with van der Waals surface area (Å²) in [4.78, 5) is 27.0. The maximum Gasteiger partial charge on any atom is 0.255 e. The monoisotopic (exact) mass is 446 g/mol. The topological polar surface area (TPSA) is 91.7 Å². The van der Waals surface area contributed by atoms with Gasteiger partial charge in [0.2, 0.25) is 10.0 Å². The van der Waals surface area contributed by atoms with Crippen molar-refractivity contribution in [3.8, 4) is 0 Å². The van der Waals surface area contributed by atoms with Gasteiger partial charge in [0.25, 0.3) is 11.5 Å². The number of piperidine rings is 1. The lowest BCUT2D eigenvalue weighted by molar-refractivity contribution is 0.102. The van der Waals surface area contributed by atoms with Crippen LogP contribution in [0.15, 0.2) is 46.2 Å². The molecule has 1 saturated heterocycles. The average Bonchev–Trinajstić information content (AvgIpc) is 2.77. The first-order chi connectivity index (χ1) is 14.8. The summed E-state index contributed by atoms with van der Waals surface area (Å²) in [5, 5.41) is 2.83. The van der Waals surface area contributed by atoms with Crippen LogP contribution in [-0.2, 0) is 17.1 Å². The molecule has 0 bridgehead atoms. The van der Waals surface area contributed by atoms with Gasteiger partial charge in [-0.15, -0.1) is 0 Å². The molecule has 0 aliphatic carbocycles. The van der Waals surface area contributed by atoms with Gasteiger partial charge in [0.1, 0.15) is 0 Å². The highest BCUT2D eigenvalue weighted by Crippen LogP contribution is 2.31. The molecular weight excluding hydrogens is 416 g/mol. The summed E-state index contributed by atoms with van der Waals surface area (Å²) in [5.41, 5.74) is 1.07. The molecule has 1 amide bonds. The second-order valence-electron chi connectivity index (χ2n) is 7.63. The second kappa shape index (κ2) is 9.65. The van der Waals surface area contributed by atoms with Gasteiger partial charge < -0.3 is 14.8 Å². The molecule has 3 rings (SSSR count). The highest BCUT2D eigenvalue weighted by atomic mass is 32.2. The van der Waals surface area contributed by atoms with E-state index < -0.39 is 15.9 Å². The van der Waals surface area contributed by atoms with Gasteiger partial charge in [-0.2, -0.15) is 4.31 Å². The maximum atomic E-state index is 13.2. The van der Waals surface area contributed by atoms with Crippen LogP contribution in [0.25, 0.3) is 0 Å². The van der Waals surface area contributed by atoms with Gasteiger partial charge >= 0.3 is 0 Å². The van der Waals surface area contributed by atoms with E-state index in [1.54, 1.807) is 25.2 Å². The van der Waals surface area contributed by atoms with Crippen molar-refractivity contribution in [3.63, 3.8) is 0 Å². The molecule has 0 atom stereocenters. The van der Waals surface area contributed by atoms with Crippen LogP contribution in [0.2, 0.25) is 0 Å². The van der Waals surface area contributed by atoms with Gasteiger partial charge in [-0.3, -0.25) is 9.59 Å². The number of aryl methyl sites for hydroxylation is 1. The fourth-order valence-electron chi connectivity index (χ4n) is 3.75. The maximum absolute atomic E-state index is 13.2. The fraction of sp³-hybridized carbons (Fsp3) is 0.455. The van der Waals surface area contributed by atoms with E-state index in [9.17, 15) is 18.0 Å². The normalized spacial score (nSPS) is 14.9. The van der Waals surface area contributed by atoms with Gasteiger partial charge in [0, 0.05) is 51.1 Å². The Morgan fingerprint density at radius 3 is 2.35 bits per heavy atom. The predicted molar refractivity (Wildman–Crippen MR) is 122 cm³/mol. The van der Waals surface area contributed by atoms with E-state index in [1.165, 1.54) is 27.2 Å². The third kappa shape index (κ3) is 4.99. The highest BCUT2D eigenvalue weighted by Gasteiger charge is 2.27. The largest absolute Gasteiger partial charge is 0.370 e. The Morgan fingerprint density at radius 1 is 1.06 bits per heavy atom. The van der Waals surface area contributed by atoms with Crippen molar-refractivity contribution in [1.82, 2.24) is 8.87 Å². The molecule has 8 nitrogen and oxygen atoms in total. The van der Waals surface area contributed by atoms with Crippen LogP contribution in [0.4, 0.5) is 11.4 Å². The number of sulfonamides is 1. The number of hydrogen-bond donors (Lipinski definition) is 1. The molecule has 9 heteroatoms. The van der Waals surface area contributed by atoms with E-state index >= 15 is 0 Å². The zero-order chi connectivity index (χ0) is 22.6. The summed E-state index contributed by atoms with van der Waals surface area (Å²) in [6.45, 7) is 6.40. The second-order valence-corrected chi connectivity index (χ2v) is 9.57. The van der Waals surface area contributed by atoms with E-state index in [0.29, 0.717) is 31.9 Å². The van der Waals surface area contributed by atoms with E-state index in [0.717, 1.165) is 24.9 Å². The standard InChI is InChI=1S/C22H30N4O4S/c1-4-25(5-2)20-10-9-18(31(29,30)26-12-7-6-8-13-26)16-19(20)23-22(28)17-11-14-24(3)21(27)15-17/h9-11,14-16H,4-8,12-13H2,1-3H3,(H,23,28). The molecule has 2 aromatic rings. The van der Waals surface area contributed by atoms with Crippen LogP contribution in [0.1, 0.15) is 43.5 Å². The summed E-state index contributed by atoms with van der Waals surface area (Å²) >= 11 is 0. The van der Waals surface area contributed by atoms with Crippen molar-refractivity contribution >= 4 is 27.3 Å². The van der Waals surface area contributed by atoms with E-state index in [-0.39, 0.29) is 16.0 Å². The molecule has 1 N–H and O–H groups in total. The van der Waals surface area contributed by atoms with E-state index in [2.05, 4.69) is 5.32 Å². The molecule has 1 fully saturated rings. The Morgan fingerprint density at radius 2 is 1.74 bits per heavy atom. The van der Waals surface area contributed by atoms with Crippen LogP contribution < -0.4 is 15.8 Å². The van der Waals surface area contributed by atoms with Gasteiger partial charge in [-0.05, 0) is 51.0 Å². The summed E-state index contributed by atoms with van der Waals surface area (Å²) < 4.78 is 29.2. The Bertz CT molecular complexity index is 1100. The van der Waals surface area contributed by atoms with Crippen molar-refractivity contribution in [3.05, 3.63) is 52.4 Å². The van der Waals surface area contributed by atoms with Crippen LogP contribution in [0.5, 0.6) is 0 Å². The number of pyridine rings is 1. The molecule has 1 aromatic heterocycles. The molecule has 0 spiro atoms. The Kier molecular flexibility index (Phi) is 7.17. The number of aromatic nitrogens is 1. The first kappa shape index (κ1) is 23.0. The average molecular weight is 447 g/mol. The molecule has 1 aliphatic rings. The Hall–Kier alpha value is -2.65. The number of carbonyl (C=O) groups is 1. The smallest absolute Gasteiger partial charge is 0.255 e. The Balaban J connectivity index is 2.00. The Labute approximate surface area is 183 Å². The zero-order valence-electron chi connectivity index (χ0n) is 18.3. The first-order valence-corrected chi connectivity index (χ1v) is 12.1. The number of carbonyl (C=O) groups excluding carboxylic acids is 1. The number of anilines is 2. The van der Waals surface area contributed by atoms with E-state index in [4.69, 9.17) is 0 Å². The number of amides is 1. The summed E-state index contributed by atoms with van der Waals surface area (Å²) in [7, 11) is -2.03. The number of nitrogens with zero attached hydrogens (tertiary/aromatic N) is 3. The van der Waals surface area contributed by atoms with Gasteiger partial charge in [-0.25, -0.2) is 8.42 Å². The molecule has 168 valence electrons. The van der Waals surface area contributed by atoms with Gasteiger partial charge in [-0.1, -0.05) is 6.42 Å². The molecule has 31 heavy (non-hydrogen) atoms. The minimum atomic E-state index is -3.64. The third-order valence-corrected chi connectivity index (χ3v) is 7.53. The first-order valence-electron chi connectivity index (χ1n) is 10.6. The van der Waals surface area contributed by atoms with Crippen molar-refractivity contribution in [1.29, 1.82) is 0 Å². The van der Waals surface area contributed by atoms with E-state index in [1.807, 2.05) is 18.7 Å². The van der Waals surface area contributed by atoms with Crippen LogP contribution in [0.3, 0.4) is 0 Å². The zero-order valence-corrected chi connectivity index (χ0v) is 19.1. The fourth-order valence-corrected chi connectivity index (χ4v) is 5.30. The number of hydrogen-bond acceptors (Lipinski definition) is 5. The van der Waals surface area contributed by atoms with Crippen LogP contribution >= 0.6 is 0 Å². The summed E-state index contributed by atoms with van der Waals surface area (Å²) in [5.74, 6) is -0.460. The van der Waals surface area contributed by atoms with Crippen LogP contribution in [-0.4, -0.2) is 49.4 Å². The molecule has 2 heterocycles. The molecule has 1 aliphatic heterocycles. The van der Waals surface area contributed by atoms with Crippen molar-refractivity contribution in [2.24, 2.45) is 7.05 Å². The summed E-state index contributed by atoms with van der Waals surface area (Å²) in [6, 6.07) is 7.69. The number of benzene rings is 1. The van der Waals surface area contributed by atoms with Crippen molar-refractivity contribution < 1.29 is 13.2 Å². The number of rotatable bonds is 7. The molecule has 0 unspecified atom stereocenters. The SMILES string of the molecule is CCN(CC)c1ccc(S(=O)(=O)N2CCCCC2)cc1NC(=O)c1ccn(C)c(=O)c1. The van der Waals surface area contributed by atoms with Gasteiger partial charge in [0.05, 0.1) is 16.3 Å². The van der Waals surface area contributed by atoms with Gasteiger partial charge in [0.15, 0.2) is 0 Å². The predicted octanol–water partition coefficient (Wildman–Crippen LogP) is 2.66. The lowest BCUT2D eigenvalue weighted by Crippen LogP contribution is -2.35. The minimum Gasteiger partial charge on any atom is -0.370 e. The van der Waals surface area contributed by atoms with Crippen molar-refractivity contribution in [2.75, 3.05) is 36.4 Å². The molecular formula is C22H30N4O4S. The molecule has 0 radical (unpaired) electrons. The third-order valence-electron chi connectivity index (χ3n) is 5.64. The van der Waals surface area contributed by atoms with Crippen LogP contribution in [0, 0.1) is 0 Å². The molecule has 0 saturated carbocycles. The lowest BCUT2D eigenvalue weighted by Gasteiger charge is -2.28. The van der Waals surface area contributed by atoms with Crippen molar-refractivity contribution in [2.45, 2.75) is 38.0 Å². The highest BCUT2D eigenvalue weighted by molar-refractivity contribution is 7.89. The molecule has 1 aromatic carbocycles. The number of nitrogens with one attached hydrogen (secondary N) is 1. The summed E-state index contributed by atoms with van der Waals surface area (Å²) in [6.07, 6.45) is 4.26. The minimum absolute atomic E-state index is 0.157. The lowest BCUT2D eigenvalue weighted by atomic mass is 10.2.